The van der Waals surface area contributed by atoms with Crippen LogP contribution in [-0.4, -0.2) is 11.5 Å². The van der Waals surface area contributed by atoms with Crippen LogP contribution in [0.25, 0.3) is 0 Å². The smallest absolute Gasteiger partial charge is 0.0445 e. The van der Waals surface area contributed by atoms with E-state index in [2.05, 4.69) is 18.0 Å². The van der Waals surface area contributed by atoms with Gasteiger partial charge in [-0.3, -0.25) is 4.98 Å². The van der Waals surface area contributed by atoms with Crippen LogP contribution in [-0.2, 0) is 6.42 Å². The highest BCUT2D eigenvalue weighted by Gasteiger charge is 1.94. The van der Waals surface area contributed by atoms with E-state index >= 15 is 0 Å². The summed E-state index contributed by atoms with van der Waals surface area (Å²) in [6.07, 6.45) is 2.69. The van der Waals surface area contributed by atoms with Crippen LogP contribution in [0.1, 0.15) is 11.3 Å². The Morgan fingerprint density at radius 3 is 2.82 bits per heavy atom. The summed E-state index contributed by atoms with van der Waals surface area (Å²) in [5.41, 5.74) is 7.73. The molecule has 2 nitrogen and oxygen atoms in total. The van der Waals surface area contributed by atoms with Crippen molar-refractivity contribution in [3.05, 3.63) is 29.6 Å². The Balaban J connectivity index is 0.000001000. The number of aromatic nitrogens is 1. The van der Waals surface area contributed by atoms with E-state index in [0.29, 0.717) is 6.54 Å². The summed E-state index contributed by atoms with van der Waals surface area (Å²) in [4.78, 5) is 4.19. The minimum atomic E-state index is 0. The summed E-state index contributed by atoms with van der Waals surface area (Å²) in [5, 5.41) is 0. The molecule has 3 heteroatoms. The molecule has 0 saturated heterocycles. The molecule has 0 saturated carbocycles. The molecule has 0 fully saturated rings. The van der Waals surface area contributed by atoms with Crippen molar-refractivity contribution in [3.8, 4) is 0 Å². The molecule has 0 atom stereocenters. The zero-order valence-corrected chi connectivity index (χ0v) is 7.40. The van der Waals surface area contributed by atoms with E-state index in [1.807, 2.05) is 6.07 Å². The van der Waals surface area contributed by atoms with Gasteiger partial charge < -0.3 is 5.73 Å². The van der Waals surface area contributed by atoms with Crippen molar-refractivity contribution >= 4 is 12.4 Å². The van der Waals surface area contributed by atoms with E-state index in [-0.39, 0.29) is 12.4 Å². The SMILES string of the molecule is Cc1cccnc1CCN.Cl. The molecule has 2 N–H and O–H groups in total. The minimum Gasteiger partial charge on any atom is -0.330 e. The first-order valence-electron chi connectivity index (χ1n) is 3.45. The van der Waals surface area contributed by atoms with E-state index in [1.54, 1.807) is 6.20 Å². The summed E-state index contributed by atoms with van der Waals surface area (Å²) in [5.74, 6) is 0. The number of nitrogens with zero attached hydrogens (tertiary/aromatic N) is 1. The normalized spacial score (nSPS) is 8.91. The van der Waals surface area contributed by atoms with Gasteiger partial charge in [0.1, 0.15) is 0 Å². The molecule has 0 aliphatic rings. The fourth-order valence-electron chi connectivity index (χ4n) is 0.917. The van der Waals surface area contributed by atoms with Crippen molar-refractivity contribution in [2.24, 2.45) is 5.73 Å². The first-order chi connectivity index (χ1) is 4.84. The van der Waals surface area contributed by atoms with Crippen LogP contribution in [0.4, 0.5) is 0 Å². The summed E-state index contributed by atoms with van der Waals surface area (Å²) in [6.45, 7) is 2.73. The van der Waals surface area contributed by atoms with Crippen molar-refractivity contribution < 1.29 is 0 Å². The first kappa shape index (κ1) is 10.4. The fraction of sp³-hybridized carbons (Fsp3) is 0.375. The Hall–Kier alpha value is -0.600. The molecule has 0 spiro atoms. The molecule has 0 aliphatic heterocycles. The molecule has 0 aliphatic carbocycles. The molecule has 0 radical (unpaired) electrons. The Labute approximate surface area is 73.2 Å². The lowest BCUT2D eigenvalue weighted by Gasteiger charge is -1.99. The monoisotopic (exact) mass is 172 g/mol. The van der Waals surface area contributed by atoms with Crippen LogP contribution in [0.15, 0.2) is 18.3 Å². The molecule has 0 unspecified atom stereocenters. The molecule has 1 heterocycles. The van der Waals surface area contributed by atoms with Gasteiger partial charge in [-0.05, 0) is 25.1 Å². The van der Waals surface area contributed by atoms with Gasteiger partial charge in [-0.2, -0.15) is 0 Å². The zero-order chi connectivity index (χ0) is 7.40. The number of hydrogen-bond acceptors (Lipinski definition) is 2. The van der Waals surface area contributed by atoms with Gasteiger partial charge in [-0.15, -0.1) is 12.4 Å². The third-order valence-corrected chi connectivity index (χ3v) is 1.50. The van der Waals surface area contributed by atoms with Gasteiger partial charge >= 0.3 is 0 Å². The zero-order valence-electron chi connectivity index (χ0n) is 6.58. The van der Waals surface area contributed by atoms with Crippen LogP contribution in [0, 0.1) is 6.92 Å². The predicted octanol–water partition coefficient (Wildman–Crippen LogP) is 1.31. The Morgan fingerprint density at radius 1 is 1.55 bits per heavy atom. The summed E-state index contributed by atoms with van der Waals surface area (Å²) in [7, 11) is 0. The van der Waals surface area contributed by atoms with Crippen LogP contribution in [0.3, 0.4) is 0 Å². The second kappa shape index (κ2) is 5.10. The second-order valence-electron chi connectivity index (χ2n) is 2.31. The molecule has 1 aromatic heterocycles. The summed E-state index contributed by atoms with van der Waals surface area (Å²) in [6, 6.07) is 3.99. The van der Waals surface area contributed by atoms with Gasteiger partial charge in [0, 0.05) is 18.3 Å². The van der Waals surface area contributed by atoms with Gasteiger partial charge in [0.05, 0.1) is 0 Å². The van der Waals surface area contributed by atoms with Crippen LogP contribution < -0.4 is 5.73 Å². The molecule has 1 aromatic rings. The van der Waals surface area contributed by atoms with Gasteiger partial charge in [0.2, 0.25) is 0 Å². The molecule has 11 heavy (non-hydrogen) atoms. The van der Waals surface area contributed by atoms with Crippen molar-refractivity contribution in [2.75, 3.05) is 6.54 Å². The van der Waals surface area contributed by atoms with Crippen molar-refractivity contribution in [1.29, 1.82) is 0 Å². The molecular weight excluding hydrogens is 160 g/mol. The Morgan fingerprint density at radius 2 is 2.27 bits per heavy atom. The number of pyridine rings is 1. The lowest BCUT2D eigenvalue weighted by atomic mass is 10.2. The highest BCUT2D eigenvalue weighted by Crippen LogP contribution is 2.01. The van der Waals surface area contributed by atoms with E-state index in [0.717, 1.165) is 12.1 Å². The summed E-state index contributed by atoms with van der Waals surface area (Å²) < 4.78 is 0. The van der Waals surface area contributed by atoms with Gasteiger partial charge in [0.15, 0.2) is 0 Å². The number of hydrogen-bond donors (Lipinski definition) is 1. The van der Waals surface area contributed by atoms with Crippen molar-refractivity contribution in [3.63, 3.8) is 0 Å². The minimum absolute atomic E-state index is 0. The van der Waals surface area contributed by atoms with E-state index in [9.17, 15) is 0 Å². The maximum atomic E-state index is 5.39. The third kappa shape index (κ3) is 2.87. The highest BCUT2D eigenvalue weighted by atomic mass is 35.5. The third-order valence-electron chi connectivity index (χ3n) is 1.50. The second-order valence-corrected chi connectivity index (χ2v) is 2.31. The van der Waals surface area contributed by atoms with Crippen molar-refractivity contribution in [2.45, 2.75) is 13.3 Å². The maximum absolute atomic E-state index is 5.39. The van der Waals surface area contributed by atoms with Crippen molar-refractivity contribution in [1.82, 2.24) is 4.98 Å². The topological polar surface area (TPSA) is 38.9 Å². The van der Waals surface area contributed by atoms with E-state index in [4.69, 9.17) is 5.73 Å². The molecular formula is C8H13ClN2. The van der Waals surface area contributed by atoms with Crippen LogP contribution >= 0.6 is 12.4 Å². The Bertz CT molecular complexity index is 213. The average Bonchev–Trinajstić information content (AvgIpc) is 1.94. The molecule has 0 aromatic carbocycles. The fourth-order valence-corrected chi connectivity index (χ4v) is 0.917. The number of aryl methyl sites for hydroxylation is 1. The summed E-state index contributed by atoms with van der Waals surface area (Å²) >= 11 is 0. The molecule has 1 rings (SSSR count). The average molecular weight is 173 g/mol. The molecule has 0 bridgehead atoms. The van der Waals surface area contributed by atoms with Gasteiger partial charge in [-0.1, -0.05) is 6.07 Å². The quantitative estimate of drug-likeness (QED) is 0.731. The van der Waals surface area contributed by atoms with Gasteiger partial charge in [-0.25, -0.2) is 0 Å². The van der Waals surface area contributed by atoms with Gasteiger partial charge in [0.25, 0.3) is 0 Å². The molecule has 62 valence electrons. The standard InChI is InChI=1S/C8H12N2.ClH/c1-7-3-2-6-10-8(7)4-5-9;/h2-3,6H,4-5,9H2,1H3;1H. The van der Waals surface area contributed by atoms with Crippen LogP contribution in [0.5, 0.6) is 0 Å². The maximum Gasteiger partial charge on any atom is 0.0445 e. The first-order valence-corrected chi connectivity index (χ1v) is 3.45. The van der Waals surface area contributed by atoms with E-state index in [1.165, 1.54) is 5.56 Å². The number of halogens is 1. The Kier molecular flexibility index (Phi) is 4.83. The lowest BCUT2D eigenvalue weighted by Crippen LogP contribution is -2.05. The largest absolute Gasteiger partial charge is 0.330 e. The lowest BCUT2D eigenvalue weighted by molar-refractivity contribution is 0.910. The number of rotatable bonds is 2. The highest BCUT2D eigenvalue weighted by molar-refractivity contribution is 5.85. The number of nitrogens with two attached hydrogens (primary N) is 1. The predicted molar refractivity (Wildman–Crippen MR) is 49.0 cm³/mol. The van der Waals surface area contributed by atoms with E-state index < -0.39 is 0 Å². The molecule has 0 amide bonds. The van der Waals surface area contributed by atoms with Crippen LogP contribution in [0.2, 0.25) is 0 Å².